The van der Waals surface area contributed by atoms with Crippen molar-refractivity contribution in [2.45, 2.75) is 0 Å². The zero-order valence-corrected chi connectivity index (χ0v) is 11.7. The van der Waals surface area contributed by atoms with Crippen molar-refractivity contribution in [3.05, 3.63) is 52.5 Å². The summed E-state index contributed by atoms with van der Waals surface area (Å²) in [6, 6.07) is 4.97. The molecule has 0 aliphatic rings. The number of oxime groups is 1. The van der Waals surface area contributed by atoms with E-state index < -0.39 is 5.91 Å². The summed E-state index contributed by atoms with van der Waals surface area (Å²) in [7, 11) is 0. The van der Waals surface area contributed by atoms with Crippen molar-refractivity contribution >= 4 is 33.4 Å². The van der Waals surface area contributed by atoms with Gasteiger partial charge in [-0.25, -0.2) is 4.98 Å². The maximum atomic E-state index is 12.0. The summed E-state index contributed by atoms with van der Waals surface area (Å²) < 4.78 is 0.737. The number of rotatable bonds is 3. The first kappa shape index (κ1) is 13.9. The number of amidine groups is 1. The van der Waals surface area contributed by atoms with Crippen LogP contribution >= 0.6 is 15.9 Å². The average Bonchev–Trinajstić information content (AvgIpc) is 2.47. The van der Waals surface area contributed by atoms with Crippen LogP contribution in [0.15, 0.2) is 46.4 Å². The number of hydrogen-bond acceptors (Lipinski definition) is 5. The second kappa shape index (κ2) is 6.11. The molecule has 7 nitrogen and oxygen atoms in total. The first-order valence-corrected chi connectivity index (χ1v) is 6.26. The molecule has 0 unspecified atom stereocenters. The molecule has 0 aliphatic heterocycles. The minimum Gasteiger partial charge on any atom is -0.409 e. The monoisotopic (exact) mass is 335 g/mol. The van der Waals surface area contributed by atoms with Gasteiger partial charge in [-0.05, 0) is 18.2 Å². The largest absolute Gasteiger partial charge is 0.409 e. The molecule has 20 heavy (non-hydrogen) atoms. The first-order chi connectivity index (χ1) is 9.61. The number of halogens is 1. The van der Waals surface area contributed by atoms with Gasteiger partial charge in [0.15, 0.2) is 5.84 Å². The van der Waals surface area contributed by atoms with Crippen molar-refractivity contribution in [2.24, 2.45) is 10.9 Å². The van der Waals surface area contributed by atoms with Crippen LogP contribution in [0.3, 0.4) is 0 Å². The van der Waals surface area contributed by atoms with Gasteiger partial charge in [0.05, 0.1) is 11.9 Å². The van der Waals surface area contributed by atoms with Crippen molar-refractivity contribution in [3.8, 4) is 0 Å². The molecule has 0 saturated heterocycles. The lowest BCUT2D eigenvalue weighted by Gasteiger charge is -2.10. The number of amides is 1. The number of benzene rings is 1. The highest BCUT2D eigenvalue weighted by atomic mass is 79.9. The molecule has 0 aliphatic carbocycles. The second-order valence-electron chi connectivity index (χ2n) is 3.72. The van der Waals surface area contributed by atoms with Crippen molar-refractivity contribution in [1.82, 2.24) is 9.97 Å². The maximum absolute atomic E-state index is 12.0. The van der Waals surface area contributed by atoms with E-state index in [-0.39, 0.29) is 11.5 Å². The van der Waals surface area contributed by atoms with E-state index in [0.717, 1.165) is 4.47 Å². The quantitative estimate of drug-likeness (QED) is 0.341. The lowest BCUT2D eigenvalue weighted by molar-refractivity contribution is 0.102. The molecule has 0 atom stereocenters. The molecular formula is C12H10BrN5O2. The Morgan fingerprint density at radius 1 is 1.40 bits per heavy atom. The summed E-state index contributed by atoms with van der Waals surface area (Å²) in [6.45, 7) is 0. The lowest BCUT2D eigenvalue weighted by Crippen LogP contribution is -2.20. The number of nitrogens with two attached hydrogens (primary N) is 1. The van der Waals surface area contributed by atoms with Gasteiger partial charge in [0, 0.05) is 22.4 Å². The van der Waals surface area contributed by atoms with Crippen LogP contribution in [0.4, 0.5) is 5.69 Å². The molecule has 0 saturated carbocycles. The molecule has 0 fully saturated rings. The number of anilines is 1. The Morgan fingerprint density at radius 2 is 2.20 bits per heavy atom. The molecule has 1 aromatic carbocycles. The predicted molar refractivity (Wildman–Crippen MR) is 76.6 cm³/mol. The van der Waals surface area contributed by atoms with E-state index in [1.807, 2.05) is 0 Å². The van der Waals surface area contributed by atoms with E-state index in [2.05, 4.69) is 36.4 Å². The van der Waals surface area contributed by atoms with Gasteiger partial charge in [-0.1, -0.05) is 21.1 Å². The fourth-order valence-electron chi connectivity index (χ4n) is 1.50. The van der Waals surface area contributed by atoms with Gasteiger partial charge in [-0.2, -0.15) is 0 Å². The lowest BCUT2D eigenvalue weighted by atomic mass is 10.1. The molecule has 102 valence electrons. The van der Waals surface area contributed by atoms with Crippen molar-refractivity contribution < 1.29 is 10.0 Å². The maximum Gasteiger partial charge on any atom is 0.275 e. The number of hydrogen-bond donors (Lipinski definition) is 3. The highest BCUT2D eigenvalue weighted by Gasteiger charge is 2.13. The summed E-state index contributed by atoms with van der Waals surface area (Å²) in [5.41, 5.74) is 6.52. The highest BCUT2D eigenvalue weighted by Crippen LogP contribution is 2.21. The molecule has 0 radical (unpaired) electrons. The Kier molecular flexibility index (Phi) is 4.26. The number of nitrogens with zero attached hydrogens (tertiary/aromatic N) is 3. The normalized spacial score (nSPS) is 11.2. The van der Waals surface area contributed by atoms with Crippen molar-refractivity contribution in [2.75, 3.05) is 5.32 Å². The van der Waals surface area contributed by atoms with E-state index in [1.165, 1.54) is 18.6 Å². The van der Waals surface area contributed by atoms with Crippen LogP contribution in [0.5, 0.6) is 0 Å². The number of nitrogens with one attached hydrogen (secondary N) is 1. The minimum atomic E-state index is -0.441. The summed E-state index contributed by atoms with van der Waals surface area (Å²) in [5, 5.41) is 14.3. The third-order valence-electron chi connectivity index (χ3n) is 2.41. The van der Waals surface area contributed by atoms with Crippen molar-refractivity contribution in [3.63, 3.8) is 0 Å². The Labute approximate surface area is 122 Å². The SMILES string of the molecule is N/C(=N/O)c1ccc(Br)cc1NC(=O)c1cnccn1. The molecular weight excluding hydrogens is 326 g/mol. The van der Waals surface area contributed by atoms with Crippen molar-refractivity contribution in [1.29, 1.82) is 0 Å². The molecule has 1 aromatic heterocycles. The van der Waals surface area contributed by atoms with Crippen LogP contribution < -0.4 is 11.1 Å². The minimum absolute atomic E-state index is 0.105. The van der Waals surface area contributed by atoms with Gasteiger partial charge in [0.1, 0.15) is 5.69 Å². The first-order valence-electron chi connectivity index (χ1n) is 5.46. The molecule has 1 heterocycles. The van der Waals surface area contributed by atoms with Crippen LogP contribution in [0.1, 0.15) is 16.1 Å². The molecule has 2 rings (SSSR count). The molecule has 4 N–H and O–H groups in total. The van der Waals surface area contributed by atoms with E-state index in [1.54, 1.807) is 18.2 Å². The zero-order valence-electron chi connectivity index (χ0n) is 10.1. The summed E-state index contributed by atoms with van der Waals surface area (Å²) in [4.78, 5) is 19.7. The van der Waals surface area contributed by atoms with E-state index in [0.29, 0.717) is 11.3 Å². The molecule has 8 heteroatoms. The standard InChI is InChI=1S/C12H10BrN5O2/c13-7-1-2-8(11(14)18-20)9(5-7)17-12(19)10-6-15-3-4-16-10/h1-6,20H,(H2,14,18)(H,17,19). The predicted octanol–water partition coefficient (Wildman–Crippen LogP) is 1.59. The number of carbonyl (C=O) groups is 1. The third-order valence-corrected chi connectivity index (χ3v) is 2.90. The second-order valence-corrected chi connectivity index (χ2v) is 4.64. The van der Waals surface area contributed by atoms with E-state index >= 15 is 0 Å². The van der Waals surface area contributed by atoms with Crippen LogP contribution in [-0.4, -0.2) is 26.9 Å². The zero-order chi connectivity index (χ0) is 14.5. The van der Waals surface area contributed by atoms with Gasteiger partial charge in [0.25, 0.3) is 5.91 Å². The topological polar surface area (TPSA) is 113 Å². The third kappa shape index (κ3) is 3.09. The smallest absolute Gasteiger partial charge is 0.275 e. The molecule has 1 amide bonds. The van der Waals surface area contributed by atoms with Crippen LogP contribution in [0.2, 0.25) is 0 Å². The summed E-state index contributed by atoms with van der Waals surface area (Å²) >= 11 is 3.29. The Balaban J connectivity index is 2.33. The van der Waals surface area contributed by atoms with E-state index in [4.69, 9.17) is 10.9 Å². The summed E-state index contributed by atoms with van der Waals surface area (Å²) in [5.74, 6) is -0.546. The average molecular weight is 336 g/mol. The van der Waals surface area contributed by atoms with Crippen LogP contribution in [-0.2, 0) is 0 Å². The fraction of sp³-hybridized carbons (Fsp3) is 0. The van der Waals surface area contributed by atoms with Gasteiger partial charge in [-0.3, -0.25) is 9.78 Å². The summed E-state index contributed by atoms with van der Waals surface area (Å²) in [6.07, 6.45) is 4.23. The highest BCUT2D eigenvalue weighted by molar-refractivity contribution is 9.10. The van der Waals surface area contributed by atoms with Gasteiger partial charge >= 0.3 is 0 Å². The van der Waals surface area contributed by atoms with Gasteiger partial charge < -0.3 is 16.3 Å². The van der Waals surface area contributed by atoms with E-state index in [9.17, 15) is 4.79 Å². The number of carbonyl (C=O) groups excluding carboxylic acids is 1. The molecule has 0 spiro atoms. The Bertz CT molecular complexity index is 660. The van der Waals surface area contributed by atoms with Gasteiger partial charge in [0.2, 0.25) is 0 Å². The Morgan fingerprint density at radius 3 is 2.85 bits per heavy atom. The van der Waals surface area contributed by atoms with Crippen LogP contribution in [0, 0.1) is 0 Å². The number of aromatic nitrogens is 2. The fourth-order valence-corrected chi connectivity index (χ4v) is 1.86. The molecule has 2 aromatic rings. The van der Waals surface area contributed by atoms with Crippen LogP contribution in [0.25, 0.3) is 0 Å². The van der Waals surface area contributed by atoms with Gasteiger partial charge in [-0.15, -0.1) is 0 Å². The molecule has 0 bridgehead atoms. The Hall–Kier alpha value is -2.48.